The Bertz CT molecular complexity index is 1310. The molecule has 0 aliphatic rings. The third-order valence-electron chi connectivity index (χ3n) is 4.79. The highest BCUT2D eigenvalue weighted by Crippen LogP contribution is 2.11. The monoisotopic (exact) mass is 472 g/mol. The van der Waals surface area contributed by atoms with Crippen LogP contribution in [0.2, 0.25) is 5.02 Å². The molecule has 1 aromatic heterocycles. The van der Waals surface area contributed by atoms with Crippen LogP contribution in [-0.4, -0.2) is 22.3 Å². The van der Waals surface area contributed by atoms with Gasteiger partial charge in [0, 0.05) is 22.7 Å². The molecule has 0 fully saturated rings. The van der Waals surface area contributed by atoms with Crippen LogP contribution in [0.1, 0.15) is 36.2 Å². The van der Waals surface area contributed by atoms with Crippen LogP contribution in [0.25, 0.3) is 12.2 Å². The second-order valence-corrected chi connectivity index (χ2v) is 8.79. The van der Waals surface area contributed by atoms with E-state index >= 15 is 0 Å². The molecule has 0 radical (unpaired) electrons. The molecule has 5 nitrogen and oxygen atoms in total. The quantitative estimate of drug-likeness (QED) is 0.537. The molecule has 1 atom stereocenters. The lowest BCUT2D eigenvalue weighted by atomic mass is 10.1. The molecule has 0 spiro atoms. The van der Waals surface area contributed by atoms with Crippen LogP contribution in [0.3, 0.4) is 0 Å². The van der Waals surface area contributed by atoms with Gasteiger partial charge in [-0.05, 0) is 49.2 Å². The van der Waals surface area contributed by atoms with E-state index in [-0.39, 0.29) is 30.1 Å². The number of thiazole rings is 1. The summed E-state index contributed by atoms with van der Waals surface area (Å²) in [5, 5.41) is 3.25. The Morgan fingerprint density at radius 2 is 1.94 bits per heavy atom. The largest absolute Gasteiger partial charge is 0.352 e. The third-order valence-corrected chi connectivity index (χ3v) is 6.08. The fraction of sp³-hybridized carbons (Fsp3) is 0.208. The number of nitrogens with zero attached hydrogens (tertiary/aromatic N) is 1. The summed E-state index contributed by atoms with van der Waals surface area (Å²) in [5.74, 6) is -1.04. The highest BCUT2D eigenvalue weighted by atomic mass is 35.5. The minimum absolute atomic E-state index is 0.0393. The van der Waals surface area contributed by atoms with E-state index < -0.39 is 5.56 Å². The molecule has 8 heteroatoms. The van der Waals surface area contributed by atoms with Crippen LogP contribution >= 0.6 is 22.9 Å². The zero-order valence-corrected chi connectivity index (χ0v) is 19.2. The first-order valence-electron chi connectivity index (χ1n) is 10.0. The van der Waals surface area contributed by atoms with Gasteiger partial charge in [0.1, 0.15) is 17.0 Å². The van der Waals surface area contributed by atoms with Crippen molar-refractivity contribution in [1.82, 2.24) is 9.88 Å². The number of nitrogens with one attached hydrogen (secondary N) is 1. The molecule has 0 saturated heterocycles. The second kappa shape index (κ2) is 10.5. The average Bonchev–Trinajstić information content (AvgIpc) is 3.03. The predicted molar refractivity (Wildman–Crippen MR) is 126 cm³/mol. The molecule has 1 heterocycles. The summed E-state index contributed by atoms with van der Waals surface area (Å²) in [6, 6.07) is 12.2. The summed E-state index contributed by atoms with van der Waals surface area (Å²) >= 11 is 7.07. The van der Waals surface area contributed by atoms with Gasteiger partial charge < -0.3 is 5.32 Å². The van der Waals surface area contributed by atoms with Crippen molar-refractivity contribution in [3.8, 4) is 0 Å². The molecule has 2 aromatic carbocycles. The molecule has 1 N–H and O–H groups in total. The summed E-state index contributed by atoms with van der Waals surface area (Å²) in [5.41, 5.74) is 0.607. The topological polar surface area (TPSA) is 68.2 Å². The number of carbonyl (C=O) groups excluding carboxylic acids is 2. The summed E-state index contributed by atoms with van der Waals surface area (Å²) in [6.07, 6.45) is 3.69. The highest BCUT2D eigenvalue weighted by Gasteiger charge is 2.13. The van der Waals surface area contributed by atoms with Crippen molar-refractivity contribution in [1.29, 1.82) is 0 Å². The first kappa shape index (κ1) is 23.6. The Kier molecular flexibility index (Phi) is 7.77. The lowest BCUT2D eigenvalue weighted by Crippen LogP contribution is -2.40. The predicted octanol–water partition coefficient (Wildman–Crippen LogP) is 3.11. The van der Waals surface area contributed by atoms with Crippen molar-refractivity contribution in [2.45, 2.75) is 32.9 Å². The van der Waals surface area contributed by atoms with E-state index in [1.807, 2.05) is 13.8 Å². The van der Waals surface area contributed by atoms with Gasteiger partial charge >= 0.3 is 0 Å². The number of halogens is 2. The SMILES string of the molecule is CCC(C)NC(=O)Cn1c(=CC(=O)c2cccc(Cl)c2)sc(=Cc2ccc(F)cc2)c1=O. The van der Waals surface area contributed by atoms with Crippen LogP contribution in [-0.2, 0) is 11.3 Å². The van der Waals surface area contributed by atoms with Gasteiger partial charge in [0.15, 0.2) is 5.78 Å². The van der Waals surface area contributed by atoms with Gasteiger partial charge in [0.25, 0.3) is 5.56 Å². The molecule has 1 amide bonds. The van der Waals surface area contributed by atoms with Crippen molar-refractivity contribution in [3.63, 3.8) is 0 Å². The Hall–Kier alpha value is -3.03. The normalized spacial score (nSPS) is 13.2. The summed E-state index contributed by atoms with van der Waals surface area (Å²) in [7, 11) is 0. The van der Waals surface area contributed by atoms with Crippen molar-refractivity contribution < 1.29 is 14.0 Å². The van der Waals surface area contributed by atoms with Gasteiger partial charge in [-0.15, -0.1) is 11.3 Å². The zero-order valence-electron chi connectivity index (χ0n) is 17.6. The minimum atomic E-state index is -0.399. The van der Waals surface area contributed by atoms with Gasteiger partial charge in [-0.3, -0.25) is 19.0 Å². The van der Waals surface area contributed by atoms with Crippen LogP contribution in [0.15, 0.2) is 53.3 Å². The molecule has 166 valence electrons. The van der Waals surface area contributed by atoms with Crippen molar-refractivity contribution in [2.75, 3.05) is 0 Å². The molecule has 3 rings (SSSR count). The van der Waals surface area contributed by atoms with Gasteiger partial charge in [-0.25, -0.2) is 4.39 Å². The van der Waals surface area contributed by atoms with E-state index in [1.165, 1.54) is 28.8 Å². The van der Waals surface area contributed by atoms with Gasteiger partial charge in [0.05, 0.1) is 4.53 Å². The Balaban J connectivity index is 2.09. The van der Waals surface area contributed by atoms with Crippen LogP contribution in [0.5, 0.6) is 0 Å². The molecular weight excluding hydrogens is 451 g/mol. The number of benzene rings is 2. The molecular formula is C24H22ClFN2O3S. The number of hydrogen-bond donors (Lipinski definition) is 1. The molecule has 0 saturated carbocycles. The maximum absolute atomic E-state index is 13.2. The van der Waals surface area contributed by atoms with Crippen molar-refractivity contribution in [3.05, 3.63) is 90.0 Å². The summed E-state index contributed by atoms with van der Waals surface area (Å²) < 4.78 is 15.2. The van der Waals surface area contributed by atoms with Crippen molar-refractivity contribution >= 4 is 46.8 Å². The van der Waals surface area contributed by atoms with Gasteiger partial charge in [0.2, 0.25) is 5.91 Å². The number of ketones is 1. The van der Waals surface area contributed by atoms with E-state index in [9.17, 15) is 18.8 Å². The fourth-order valence-corrected chi connectivity index (χ4v) is 4.14. The second-order valence-electron chi connectivity index (χ2n) is 7.29. The first-order chi connectivity index (χ1) is 15.3. The van der Waals surface area contributed by atoms with Gasteiger partial charge in [-0.1, -0.05) is 42.8 Å². The van der Waals surface area contributed by atoms with Gasteiger partial charge in [-0.2, -0.15) is 0 Å². The minimum Gasteiger partial charge on any atom is -0.352 e. The third kappa shape index (κ3) is 6.02. The Labute approximate surface area is 193 Å². The summed E-state index contributed by atoms with van der Waals surface area (Å²) in [4.78, 5) is 38.3. The maximum Gasteiger partial charge on any atom is 0.269 e. The molecule has 32 heavy (non-hydrogen) atoms. The van der Waals surface area contributed by atoms with E-state index in [1.54, 1.807) is 36.4 Å². The van der Waals surface area contributed by atoms with E-state index in [0.717, 1.165) is 17.8 Å². The molecule has 1 unspecified atom stereocenters. The van der Waals surface area contributed by atoms with E-state index in [4.69, 9.17) is 11.6 Å². The molecule has 3 aromatic rings. The van der Waals surface area contributed by atoms with E-state index in [0.29, 0.717) is 25.3 Å². The standard InChI is InChI=1S/C24H22ClFN2O3S/c1-3-15(2)27-22(30)14-28-23(13-20(29)17-5-4-6-18(25)12-17)32-21(24(28)31)11-16-7-9-19(26)10-8-16/h4-13,15H,3,14H2,1-2H3,(H,27,30). The summed E-state index contributed by atoms with van der Waals surface area (Å²) in [6.45, 7) is 3.60. The van der Waals surface area contributed by atoms with E-state index in [2.05, 4.69) is 5.32 Å². The number of amides is 1. The zero-order chi connectivity index (χ0) is 23.3. The van der Waals surface area contributed by atoms with Crippen LogP contribution in [0, 0.1) is 5.82 Å². The molecule has 0 aliphatic carbocycles. The fourth-order valence-electron chi connectivity index (χ4n) is 2.91. The van der Waals surface area contributed by atoms with Crippen LogP contribution < -0.4 is 20.1 Å². The molecule has 0 bridgehead atoms. The number of rotatable bonds is 7. The maximum atomic E-state index is 13.2. The lowest BCUT2D eigenvalue weighted by molar-refractivity contribution is -0.122. The number of carbonyl (C=O) groups is 2. The number of hydrogen-bond acceptors (Lipinski definition) is 4. The first-order valence-corrected chi connectivity index (χ1v) is 11.2. The molecule has 0 aliphatic heterocycles. The average molecular weight is 473 g/mol. The number of Topliss-reactive ketones (excluding diaryl/α,β-unsaturated/α-hetero) is 1. The van der Waals surface area contributed by atoms with Crippen molar-refractivity contribution in [2.24, 2.45) is 0 Å². The lowest BCUT2D eigenvalue weighted by Gasteiger charge is -2.11. The number of aromatic nitrogens is 1. The smallest absolute Gasteiger partial charge is 0.269 e. The highest BCUT2D eigenvalue weighted by molar-refractivity contribution is 7.07. The Morgan fingerprint density at radius 1 is 1.22 bits per heavy atom. The Morgan fingerprint density at radius 3 is 2.59 bits per heavy atom. The van der Waals surface area contributed by atoms with Crippen LogP contribution in [0.4, 0.5) is 4.39 Å².